The van der Waals surface area contributed by atoms with Gasteiger partial charge in [0.25, 0.3) is 0 Å². The normalized spacial score (nSPS) is 13.4. The van der Waals surface area contributed by atoms with Crippen LogP contribution in [0.1, 0.15) is 5.56 Å². The summed E-state index contributed by atoms with van der Waals surface area (Å²) in [7, 11) is 0. The van der Waals surface area contributed by atoms with Gasteiger partial charge < -0.3 is 10.2 Å². The summed E-state index contributed by atoms with van der Waals surface area (Å²) < 4.78 is 0. The summed E-state index contributed by atoms with van der Waals surface area (Å²) in [6.07, 6.45) is 1.13. The van der Waals surface area contributed by atoms with E-state index in [4.69, 9.17) is 23.2 Å². The highest BCUT2D eigenvalue weighted by Crippen LogP contribution is 2.28. The summed E-state index contributed by atoms with van der Waals surface area (Å²) in [6.45, 7) is 2.89. The summed E-state index contributed by atoms with van der Waals surface area (Å²) in [5.41, 5.74) is 3.69. The Hall–Kier alpha value is -1.38. The molecule has 3 rings (SSSR count). The molecule has 1 N–H and O–H groups in total. The molecule has 1 aliphatic rings. The number of benzene rings is 2. The lowest BCUT2D eigenvalue weighted by Crippen LogP contribution is -2.27. The SMILES string of the molecule is Clc1ccc(Cl)c(NCCN2CCc3ccccc32)c1. The van der Waals surface area contributed by atoms with Crippen LogP contribution in [0.25, 0.3) is 0 Å². The monoisotopic (exact) mass is 306 g/mol. The van der Waals surface area contributed by atoms with Crippen LogP contribution in [0.2, 0.25) is 10.0 Å². The third kappa shape index (κ3) is 2.87. The number of nitrogens with one attached hydrogen (secondary N) is 1. The van der Waals surface area contributed by atoms with Crippen LogP contribution in [-0.2, 0) is 6.42 Å². The molecule has 0 amide bonds. The van der Waals surface area contributed by atoms with Crippen LogP contribution in [0.4, 0.5) is 11.4 Å². The third-order valence-electron chi connectivity index (χ3n) is 3.61. The van der Waals surface area contributed by atoms with Gasteiger partial charge in [0.15, 0.2) is 0 Å². The van der Waals surface area contributed by atoms with Gasteiger partial charge in [0.2, 0.25) is 0 Å². The topological polar surface area (TPSA) is 15.3 Å². The Morgan fingerprint density at radius 1 is 1.10 bits per heavy atom. The molecule has 2 aromatic rings. The van der Waals surface area contributed by atoms with Crippen LogP contribution < -0.4 is 10.2 Å². The Bertz CT molecular complexity index is 613. The molecule has 0 fully saturated rings. The maximum atomic E-state index is 6.14. The lowest BCUT2D eigenvalue weighted by Gasteiger charge is -2.20. The first-order chi connectivity index (χ1) is 9.74. The van der Waals surface area contributed by atoms with Crippen LogP contribution in [-0.4, -0.2) is 19.6 Å². The van der Waals surface area contributed by atoms with Gasteiger partial charge in [-0.2, -0.15) is 0 Å². The fourth-order valence-electron chi connectivity index (χ4n) is 2.60. The van der Waals surface area contributed by atoms with Crippen LogP contribution in [0.5, 0.6) is 0 Å². The minimum atomic E-state index is 0.698. The smallest absolute Gasteiger partial charge is 0.0638 e. The Morgan fingerprint density at radius 3 is 2.85 bits per heavy atom. The minimum Gasteiger partial charge on any atom is -0.382 e. The van der Waals surface area contributed by atoms with Crippen LogP contribution in [0, 0.1) is 0 Å². The molecule has 2 aromatic carbocycles. The predicted molar refractivity (Wildman–Crippen MR) is 87.3 cm³/mol. The maximum absolute atomic E-state index is 6.14. The molecule has 0 unspecified atom stereocenters. The van der Waals surface area contributed by atoms with Crippen molar-refractivity contribution in [1.82, 2.24) is 0 Å². The lowest BCUT2D eigenvalue weighted by atomic mass is 10.2. The van der Waals surface area contributed by atoms with Crippen molar-refractivity contribution in [3.63, 3.8) is 0 Å². The van der Waals surface area contributed by atoms with Crippen LogP contribution in [0.3, 0.4) is 0 Å². The molecule has 0 spiro atoms. The fourth-order valence-corrected chi connectivity index (χ4v) is 2.95. The second kappa shape index (κ2) is 5.94. The minimum absolute atomic E-state index is 0.698. The Labute approximate surface area is 129 Å². The van der Waals surface area contributed by atoms with Gasteiger partial charge in [-0.15, -0.1) is 0 Å². The number of halogens is 2. The van der Waals surface area contributed by atoms with E-state index in [1.807, 2.05) is 12.1 Å². The van der Waals surface area contributed by atoms with Crippen molar-refractivity contribution in [1.29, 1.82) is 0 Å². The molecular weight excluding hydrogens is 291 g/mol. The first-order valence-corrected chi connectivity index (χ1v) is 7.51. The van der Waals surface area contributed by atoms with E-state index in [1.54, 1.807) is 6.07 Å². The first kappa shape index (κ1) is 13.6. The van der Waals surface area contributed by atoms with E-state index in [2.05, 4.69) is 34.5 Å². The van der Waals surface area contributed by atoms with E-state index in [0.29, 0.717) is 10.0 Å². The van der Waals surface area contributed by atoms with Crippen molar-refractivity contribution in [2.45, 2.75) is 6.42 Å². The molecule has 104 valence electrons. The van der Waals surface area contributed by atoms with Gasteiger partial charge >= 0.3 is 0 Å². The molecule has 4 heteroatoms. The summed E-state index contributed by atoms with van der Waals surface area (Å²) >= 11 is 12.1. The maximum Gasteiger partial charge on any atom is 0.0638 e. The van der Waals surface area contributed by atoms with Crippen molar-refractivity contribution in [3.8, 4) is 0 Å². The second-order valence-corrected chi connectivity index (χ2v) is 5.76. The van der Waals surface area contributed by atoms with Crippen molar-refractivity contribution < 1.29 is 0 Å². The summed E-state index contributed by atoms with van der Waals surface area (Å²) in [5, 5.41) is 4.76. The van der Waals surface area contributed by atoms with Gasteiger partial charge in [0.05, 0.1) is 10.7 Å². The number of rotatable bonds is 4. The summed E-state index contributed by atoms with van der Waals surface area (Å²) in [4.78, 5) is 2.40. The highest BCUT2D eigenvalue weighted by molar-refractivity contribution is 6.35. The predicted octanol–water partition coefficient (Wildman–Crippen LogP) is 4.47. The molecule has 0 atom stereocenters. The number of hydrogen-bond acceptors (Lipinski definition) is 2. The number of fused-ring (bicyclic) bond motifs is 1. The lowest BCUT2D eigenvalue weighted by molar-refractivity contribution is 0.839. The number of anilines is 2. The van der Waals surface area contributed by atoms with E-state index in [1.165, 1.54) is 11.3 Å². The van der Waals surface area contributed by atoms with E-state index >= 15 is 0 Å². The van der Waals surface area contributed by atoms with Gasteiger partial charge in [-0.3, -0.25) is 0 Å². The van der Waals surface area contributed by atoms with Gasteiger partial charge in [0, 0.05) is 30.3 Å². The molecule has 0 bridgehead atoms. The number of hydrogen-bond donors (Lipinski definition) is 1. The molecule has 0 aliphatic carbocycles. The van der Waals surface area contributed by atoms with Crippen molar-refractivity contribution in [2.24, 2.45) is 0 Å². The Kier molecular flexibility index (Phi) is 4.04. The molecule has 2 nitrogen and oxygen atoms in total. The first-order valence-electron chi connectivity index (χ1n) is 6.76. The third-order valence-corrected chi connectivity index (χ3v) is 4.17. The highest BCUT2D eigenvalue weighted by atomic mass is 35.5. The van der Waals surface area contributed by atoms with E-state index in [-0.39, 0.29) is 0 Å². The van der Waals surface area contributed by atoms with Crippen molar-refractivity contribution in [3.05, 3.63) is 58.1 Å². The zero-order valence-electron chi connectivity index (χ0n) is 11.1. The number of nitrogens with zero attached hydrogens (tertiary/aromatic N) is 1. The average molecular weight is 307 g/mol. The molecule has 0 saturated heterocycles. The summed E-state index contributed by atoms with van der Waals surface area (Å²) in [6, 6.07) is 14.1. The van der Waals surface area contributed by atoms with Gasteiger partial charge in [-0.05, 0) is 36.2 Å². The second-order valence-electron chi connectivity index (χ2n) is 4.92. The van der Waals surface area contributed by atoms with Gasteiger partial charge in [-0.1, -0.05) is 41.4 Å². The van der Waals surface area contributed by atoms with Gasteiger partial charge in [-0.25, -0.2) is 0 Å². The van der Waals surface area contributed by atoms with Crippen molar-refractivity contribution >= 4 is 34.6 Å². The van der Waals surface area contributed by atoms with Crippen molar-refractivity contribution in [2.75, 3.05) is 29.9 Å². The number of para-hydroxylation sites is 1. The van der Waals surface area contributed by atoms with E-state index < -0.39 is 0 Å². The highest BCUT2D eigenvalue weighted by Gasteiger charge is 2.17. The zero-order chi connectivity index (χ0) is 13.9. The average Bonchev–Trinajstić information content (AvgIpc) is 2.86. The molecule has 0 radical (unpaired) electrons. The molecule has 0 saturated carbocycles. The standard InChI is InChI=1S/C16H16Cl2N2/c17-13-5-6-14(18)15(11-13)19-8-10-20-9-7-12-3-1-2-4-16(12)20/h1-6,11,19H,7-10H2. The van der Waals surface area contributed by atoms with E-state index in [9.17, 15) is 0 Å². The zero-order valence-corrected chi connectivity index (χ0v) is 12.6. The quantitative estimate of drug-likeness (QED) is 0.896. The molecular formula is C16H16Cl2N2. The largest absolute Gasteiger partial charge is 0.382 e. The molecule has 0 aromatic heterocycles. The molecule has 1 heterocycles. The van der Waals surface area contributed by atoms with Gasteiger partial charge in [0.1, 0.15) is 0 Å². The fraction of sp³-hybridized carbons (Fsp3) is 0.250. The van der Waals surface area contributed by atoms with E-state index in [0.717, 1.165) is 31.7 Å². The Balaban J connectivity index is 1.60. The molecule has 1 aliphatic heterocycles. The summed E-state index contributed by atoms with van der Waals surface area (Å²) in [5.74, 6) is 0. The van der Waals surface area contributed by atoms with Crippen LogP contribution in [0.15, 0.2) is 42.5 Å². The molecule has 20 heavy (non-hydrogen) atoms. The van der Waals surface area contributed by atoms with Crippen LogP contribution >= 0.6 is 23.2 Å². The Morgan fingerprint density at radius 2 is 1.95 bits per heavy atom.